The van der Waals surface area contributed by atoms with Crippen molar-refractivity contribution in [3.05, 3.63) is 28.3 Å². The number of nitro groups is 1. The molecule has 0 aliphatic carbocycles. The predicted octanol–water partition coefficient (Wildman–Crippen LogP) is -0.0905. The summed E-state index contributed by atoms with van der Waals surface area (Å²) in [5.41, 5.74) is -0.167. The summed E-state index contributed by atoms with van der Waals surface area (Å²) in [6.45, 7) is 0.501. The number of nitrogens with zero attached hydrogens (tertiary/aromatic N) is 2. The first kappa shape index (κ1) is 16.2. The summed E-state index contributed by atoms with van der Waals surface area (Å²) < 4.78 is 5.16. The van der Waals surface area contributed by atoms with Crippen molar-refractivity contribution in [1.82, 2.24) is 5.32 Å². The molecule has 122 valence electrons. The molecule has 23 heavy (non-hydrogen) atoms. The number of carbonyl (C=O) groups excluding carboxylic acids is 2. The molecule has 1 aliphatic rings. The maximum Gasteiger partial charge on any atom is 0.325 e. The number of nitro benzene ring substituents is 1. The molecule has 1 aromatic carbocycles. The molecular weight excluding hydrogens is 310 g/mol. The van der Waals surface area contributed by atoms with E-state index >= 15 is 0 Å². The highest BCUT2D eigenvalue weighted by atomic mass is 16.6. The van der Waals surface area contributed by atoms with Crippen molar-refractivity contribution >= 4 is 29.2 Å². The zero-order chi connectivity index (χ0) is 17.1. The number of amides is 2. The molecule has 0 spiro atoms. The Balaban J connectivity index is 2.24. The second-order valence-corrected chi connectivity index (χ2v) is 4.81. The maximum absolute atomic E-state index is 11.9. The Morgan fingerprint density at radius 3 is 2.83 bits per heavy atom. The lowest BCUT2D eigenvalue weighted by Gasteiger charge is -2.28. The Kier molecular flexibility index (Phi) is 4.44. The number of ether oxygens (including phenoxy) is 1. The van der Waals surface area contributed by atoms with Crippen LogP contribution in [0.3, 0.4) is 0 Å². The number of aliphatic carboxylic acids is 1. The van der Waals surface area contributed by atoms with E-state index in [0.29, 0.717) is 0 Å². The fourth-order valence-electron chi connectivity index (χ4n) is 1.97. The first-order valence-electron chi connectivity index (χ1n) is 6.53. The van der Waals surface area contributed by atoms with Gasteiger partial charge in [0.15, 0.2) is 6.61 Å². The number of fused-ring (bicyclic) bond motifs is 1. The Morgan fingerprint density at radius 1 is 1.52 bits per heavy atom. The molecule has 10 nitrogen and oxygen atoms in total. The average molecular weight is 323 g/mol. The van der Waals surface area contributed by atoms with E-state index in [1.54, 1.807) is 0 Å². The number of carbonyl (C=O) groups is 3. The predicted molar refractivity (Wildman–Crippen MR) is 76.2 cm³/mol. The number of anilines is 1. The van der Waals surface area contributed by atoms with Crippen molar-refractivity contribution in [3.63, 3.8) is 0 Å². The van der Waals surface area contributed by atoms with Gasteiger partial charge in [-0.05, 0) is 13.0 Å². The molecule has 2 N–H and O–H groups in total. The van der Waals surface area contributed by atoms with Crippen molar-refractivity contribution in [1.29, 1.82) is 0 Å². The van der Waals surface area contributed by atoms with Crippen LogP contribution >= 0.6 is 0 Å². The van der Waals surface area contributed by atoms with Crippen LogP contribution in [-0.4, -0.2) is 47.0 Å². The summed E-state index contributed by atoms with van der Waals surface area (Å²) >= 11 is 0. The molecule has 0 unspecified atom stereocenters. The molecule has 1 atom stereocenters. The van der Waals surface area contributed by atoms with E-state index in [-0.39, 0.29) is 23.7 Å². The normalized spacial score (nSPS) is 14.5. The molecule has 0 bridgehead atoms. The molecule has 0 radical (unpaired) electrons. The van der Waals surface area contributed by atoms with Crippen LogP contribution in [0.5, 0.6) is 5.75 Å². The lowest BCUT2D eigenvalue weighted by atomic mass is 10.2. The minimum Gasteiger partial charge on any atom is -0.482 e. The standard InChI is InChI=1S/C13H13N3O7/c1-7(13(19)20)14-11(17)5-15-9-4-8(16(21)22)2-3-10(9)23-6-12(15)18/h2-4,7H,5-6H2,1H3,(H,14,17)(H,19,20)/t7-/m0/s1. The number of rotatable bonds is 5. The lowest BCUT2D eigenvalue weighted by molar-refractivity contribution is -0.384. The molecular formula is C13H13N3O7. The first-order chi connectivity index (χ1) is 10.8. The van der Waals surface area contributed by atoms with E-state index in [9.17, 15) is 24.5 Å². The second-order valence-electron chi connectivity index (χ2n) is 4.81. The quantitative estimate of drug-likeness (QED) is 0.570. The maximum atomic E-state index is 11.9. The highest BCUT2D eigenvalue weighted by Gasteiger charge is 2.29. The molecule has 0 fully saturated rings. The van der Waals surface area contributed by atoms with Crippen LogP contribution in [0.2, 0.25) is 0 Å². The second kappa shape index (κ2) is 6.30. The van der Waals surface area contributed by atoms with E-state index in [1.807, 2.05) is 0 Å². The summed E-state index contributed by atoms with van der Waals surface area (Å²) in [6, 6.07) is 2.56. The summed E-state index contributed by atoms with van der Waals surface area (Å²) in [6.07, 6.45) is 0. The number of hydrogen-bond acceptors (Lipinski definition) is 6. The van der Waals surface area contributed by atoms with Crippen molar-refractivity contribution in [2.24, 2.45) is 0 Å². The van der Waals surface area contributed by atoms with E-state index in [4.69, 9.17) is 9.84 Å². The summed E-state index contributed by atoms with van der Waals surface area (Å²) in [5, 5.41) is 21.8. The van der Waals surface area contributed by atoms with Gasteiger partial charge in [0.2, 0.25) is 5.91 Å². The largest absolute Gasteiger partial charge is 0.482 e. The van der Waals surface area contributed by atoms with Gasteiger partial charge in [-0.3, -0.25) is 29.4 Å². The molecule has 1 heterocycles. The van der Waals surface area contributed by atoms with Gasteiger partial charge in [0, 0.05) is 12.1 Å². The number of carboxylic acid groups (broad SMARTS) is 1. The van der Waals surface area contributed by atoms with Crippen LogP contribution in [0.25, 0.3) is 0 Å². The fourth-order valence-corrected chi connectivity index (χ4v) is 1.97. The molecule has 1 aromatic rings. The highest BCUT2D eigenvalue weighted by Crippen LogP contribution is 2.35. The van der Waals surface area contributed by atoms with Crippen molar-refractivity contribution in [2.45, 2.75) is 13.0 Å². The number of non-ortho nitro benzene ring substituents is 1. The van der Waals surface area contributed by atoms with Gasteiger partial charge in [0.05, 0.1) is 10.6 Å². The highest BCUT2D eigenvalue weighted by molar-refractivity contribution is 6.02. The van der Waals surface area contributed by atoms with Crippen LogP contribution in [0.15, 0.2) is 18.2 Å². The molecule has 0 saturated heterocycles. The average Bonchev–Trinajstić information content (AvgIpc) is 2.49. The van der Waals surface area contributed by atoms with Gasteiger partial charge in [0.25, 0.3) is 11.6 Å². The number of carboxylic acids is 1. The van der Waals surface area contributed by atoms with Crippen LogP contribution in [0.4, 0.5) is 11.4 Å². The Bertz CT molecular complexity index is 688. The van der Waals surface area contributed by atoms with Gasteiger partial charge in [-0.2, -0.15) is 0 Å². The molecule has 1 aliphatic heterocycles. The first-order valence-corrected chi connectivity index (χ1v) is 6.53. The minimum absolute atomic E-state index is 0.0913. The third-order valence-electron chi connectivity index (χ3n) is 3.15. The molecule has 2 rings (SSSR count). The third-order valence-corrected chi connectivity index (χ3v) is 3.15. The van der Waals surface area contributed by atoms with Crippen LogP contribution in [0, 0.1) is 10.1 Å². The molecule has 2 amide bonds. The molecule has 10 heteroatoms. The van der Waals surface area contributed by atoms with Gasteiger partial charge < -0.3 is 15.2 Å². The van der Waals surface area contributed by atoms with E-state index in [0.717, 1.165) is 11.0 Å². The molecule has 0 aromatic heterocycles. The topological polar surface area (TPSA) is 139 Å². The fraction of sp³-hybridized carbons (Fsp3) is 0.308. The molecule has 0 saturated carbocycles. The van der Waals surface area contributed by atoms with Gasteiger partial charge in [-0.25, -0.2) is 0 Å². The van der Waals surface area contributed by atoms with Gasteiger partial charge in [0.1, 0.15) is 18.3 Å². The van der Waals surface area contributed by atoms with E-state index in [1.165, 1.54) is 19.1 Å². The Hall–Kier alpha value is -3.17. The monoisotopic (exact) mass is 323 g/mol. The smallest absolute Gasteiger partial charge is 0.325 e. The van der Waals surface area contributed by atoms with Crippen LogP contribution < -0.4 is 15.0 Å². The number of benzene rings is 1. The zero-order valence-corrected chi connectivity index (χ0v) is 12.0. The number of hydrogen-bond donors (Lipinski definition) is 2. The summed E-state index contributed by atoms with van der Waals surface area (Å²) in [5.74, 6) is -2.25. The third kappa shape index (κ3) is 3.54. The van der Waals surface area contributed by atoms with E-state index in [2.05, 4.69) is 5.32 Å². The lowest BCUT2D eigenvalue weighted by Crippen LogP contribution is -2.48. The van der Waals surface area contributed by atoms with Crippen molar-refractivity contribution < 1.29 is 29.2 Å². The Morgan fingerprint density at radius 2 is 2.22 bits per heavy atom. The van der Waals surface area contributed by atoms with Gasteiger partial charge >= 0.3 is 5.97 Å². The number of nitrogens with one attached hydrogen (secondary N) is 1. The van der Waals surface area contributed by atoms with Gasteiger partial charge in [-0.1, -0.05) is 0 Å². The zero-order valence-electron chi connectivity index (χ0n) is 12.0. The van der Waals surface area contributed by atoms with E-state index < -0.39 is 35.3 Å². The van der Waals surface area contributed by atoms with Crippen LogP contribution in [-0.2, 0) is 14.4 Å². The summed E-state index contributed by atoms with van der Waals surface area (Å²) in [7, 11) is 0. The van der Waals surface area contributed by atoms with Gasteiger partial charge in [-0.15, -0.1) is 0 Å². The Labute approximate surface area is 129 Å². The SMILES string of the molecule is C[C@H](NC(=O)CN1C(=O)COc2ccc([N+](=O)[O-])cc21)C(=O)O. The van der Waals surface area contributed by atoms with Crippen molar-refractivity contribution in [3.8, 4) is 5.75 Å². The van der Waals surface area contributed by atoms with Crippen LogP contribution in [0.1, 0.15) is 6.92 Å². The van der Waals surface area contributed by atoms with Crippen molar-refractivity contribution in [2.75, 3.05) is 18.1 Å². The summed E-state index contributed by atoms with van der Waals surface area (Å²) in [4.78, 5) is 45.7. The minimum atomic E-state index is -1.22.